The Labute approximate surface area is 113 Å². The van der Waals surface area contributed by atoms with Crippen molar-refractivity contribution in [1.82, 2.24) is 10.2 Å². The summed E-state index contributed by atoms with van der Waals surface area (Å²) in [5.41, 5.74) is 0. The largest absolute Gasteiger partial charge is 0.368 e. The lowest BCUT2D eigenvalue weighted by molar-refractivity contribution is 0.566. The average Bonchev–Trinajstić information content (AvgIpc) is 2.37. The summed E-state index contributed by atoms with van der Waals surface area (Å²) in [6, 6.07) is 7.92. The third-order valence-corrected chi connectivity index (χ3v) is 3.17. The van der Waals surface area contributed by atoms with Gasteiger partial charge in [0.25, 0.3) is 0 Å². The lowest BCUT2D eigenvalue weighted by Crippen LogP contribution is -2.06. The van der Waals surface area contributed by atoms with Crippen LogP contribution in [0.1, 0.15) is 26.7 Å². The lowest BCUT2D eigenvalue weighted by Gasteiger charge is -2.09. The number of nitrogens with one attached hydrogen (secondary N) is 1. The van der Waals surface area contributed by atoms with Gasteiger partial charge in [-0.15, -0.1) is 10.2 Å². The standard InChI is InChI=1S/C14H18ClN3/c1-10(2)6-5-9-16-14-12-8-4-3-7-11(12)13(15)17-18-14/h3-4,7-8,10H,5-6,9H2,1-2H3,(H,16,18). The minimum absolute atomic E-state index is 0.457. The normalized spacial score (nSPS) is 11.1. The highest BCUT2D eigenvalue weighted by Gasteiger charge is 2.06. The first-order valence-electron chi connectivity index (χ1n) is 6.33. The number of hydrogen-bond donors (Lipinski definition) is 1. The summed E-state index contributed by atoms with van der Waals surface area (Å²) in [6.07, 6.45) is 2.35. The fourth-order valence-electron chi connectivity index (χ4n) is 1.92. The van der Waals surface area contributed by atoms with Crippen LogP contribution in [-0.4, -0.2) is 16.7 Å². The maximum absolute atomic E-state index is 6.03. The quantitative estimate of drug-likeness (QED) is 0.824. The van der Waals surface area contributed by atoms with Crippen molar-refractivity contribution in [1.29, 1.82) is 0 Å². The molecule has 0 saturated carbocycles. The zero-order valence-electron chi connectivity index (χ0n) is 10.8. The fourth-order valence-corrected chi connectivity index (χ4v) is 2.12. The minimum Gasteiger partial charge on any atom is -0.368 e. The number of anilines is 1. The van der Waals surface area contributed by atoms with Crippen LogP contribution < -0.4 is 5.32 Å². The Kier molecular flexibility index (Phi) is 4.37. The van der Waals surface area contributed by atoms with Gasteiger partial charge in [0, 0.05) is 17.3 Å². The number of aromatic nitrogens is 2. The topological polar surface area (TPSA) is 37.8 Å². The van der Waals surface area contributed by atoms with Crippen LogP contribution in [0.5, 0.6) is 0 Å². The monoisotopic (exact) mass is 263 g/mol. The van der Waals surface area contributed by atoms with Crippen LogP contribution in [0.25, 0.3) is 10.8 Å². The molecule has 2 aromatic rings. The summed E-state index contributed by atoms with van der Waals surface area (Å²) in [5.74, 6) is 1.55. The summed E-state index contributed by atoms with van der Waals surface area (Å²) < 4.78 is 0. The van der Waals surface area contributed by atoms with Crippen molar-refractivity contribution in [3.63, 3.8) is 0 Å². The van der Waals surface area contributed by atoms with Crippen molar-refractivity contribution < 1.29 is 0 Å². The highest BCUT2D eigenvalue weighted by molar-refractivity contribution is 6.34. The molecule has 18 heavy (non-hydrogen) atoms. The molecule has 0 aliphatic carbocycles. The molecule has 1 aromatic heterocycles. The van der Waals surface area contributed by atoms with Gasteiger partial charge in [-0.1, -0.05) is 49.7 Å². The van der Waals surface area contributed by atoms with E-state index in [1.54, 1.807) is 0 Å². The first-order valence-corrected chi connectivity index (χ1v) is 6.71. The first-order chi connectivity index (χ1) is 8.68. The van der Waals surface area contributed by atoms with Crippen LogP contribution in [0.15, 0.2) is 24.3 Å². The van der Waals surface area contributed by atoms with E-state index < -0.39 is 0 Å². The zero-order valence-corrected chi connectivity index (χ0v) is 11.5. The highest BCUT2D eigenvalue weighted by atomic mass is 35.5. The summed E-state index contributed by atoms with van der Waals surface area (Å²) in [5, 5.41) is 13.9. The van der Waals surface area contributed by atoms with Crippen LogP contribution in [0, 0.1) is 5.92 Å². The second kappa shape index (κ2) is 6.01. The Bertz CT molecular complexity index is 525. The predicted octanol–water partition coefficient (Wildman–Crippen LogP) is 4.13. The molecular formula is C14H18ClN3. The molecule has 0 atom stereocenters. The molecule has 4 heteroatoms. The molecule has 96 valence electrons. The molecule has 0 bridgehead atoms. The maximum atomic E-state index is 6.03. The smallest absolute Gasteiger partial charge is 0.159 e. The lowest BCUT2D eigenvalue weighted by atomic mass is 10.1. The fraction of sp³-hybridized carbons (Fsp3) is 0.429. The predicted molar refractivity (Wildman–Crippen MR) is 77.1 cm³/mol. The molecule has 3 nitrogen and oxygen atoms in total. The van der Waals surface area contributed by atoms with Gasteiger partial charge in [0.2, 0.25) is 0 Å². The van der Waals surface area contributed by atoms with Crippen molar-refractivity contribution in [3.8, 4) is 0 Å². The Hall–Kier alpha value is -1.35. The van der Waals surface area contributed by atoms with E-state index in [0.29, 0.717) is 5.15 Å². The van der Waals surface area contributed by atoms with Gasteiger partial charge in [-0.3, -0.25) is 0 Å². The van der Waals surface area contributed by atoms with Crippen molar-refractivity contribution in [2.24, 2.45) is 5.92 Å². The number of rotatable bonds is 5. The number of hydrogen-bond acceptors (Lipinski definition) is 3. The number of fused-ring (bicyclic) bond motifs is 1. The van der Waals surface area contributed by atoms with E-state index in [-0.39, 0.29) is 0 Å². The van der Waals surface area contributed by atoms with Crippen molar-refractivity contribution in [3.05, 3.63) is 29.4 Å². The Morgan fingerprint density at radius 3 is 2.61 bits per heavy atom. The van der Waals surface area contributed by atoms with E-state index in [9.17, 15) is 0 Å². The average molecular weight is 264 g/mol. The van der Waals surface area contributed by atoms with E-state index >= 15 is 0 Å². The Morgan fingerprint density at radius 1 is 1.17 bits per heavy atom. The molecule has 0 radical (unpaired) electrons. The van der Waals surface area contributed by atoms with Crippen molar-refractivity contribution in [2.45, 2.75) is 26.7 Å². The molecule has 1 heterocycles. The van der Waals surface area contributed by atoms with Crippen molar-refractivity contribution >= 4 is 28.2 Å². The highest BCUT2D eigenvalue weighted by Crippen LogP contribution is 2.25. The summed E-state index contributed by atoms with van der Waals surface area (Å²) in [6.45, 7) is 5.38. The molecular weight excluding hydrogens is 246 g/mol. The summed E-state index contributed by atoms with van der Waals surface area (Å²) in [7, 11) is 0. The maximum Gasteiger partial charge on any atom is 0.159 e. The summed E-state index contributed by atoms with van der Waals surface area (Å²) in [4.78, 5) is 0. The molecule has 1 aromatic carbocycles. The van der Waals surface area contributed by atoms with E-state index in [0.717, 1.165) is 35.5 Å². The summed E-state index contributed by atoms with van der Waals surface area (Å²) >= 11 is 6.03. The van der Waals surface area contributed by atoms with Gasteiger partial charge in [0.1, 0.15) is 0 Å². The van der Waals surface area contributed by atoms with Crippen LogP contribution in [0.3, 0.4) is 0 Å². The van der Waals surface area contributed by atoms with Gasteiger partial charge in [0.15, 0.2) is 11.0 Å². The van der Waals surface area contributed by atoms with E-state index in [4.69, 9.17) is 11.6 Å². The Morgan fingerprint density at radius 2 is 1.89 bits per heavy atom. The van der Waals surface area contributed by atoms with E-state index in [1.165, 1.54) is 6.42 Å². The third-order valence-electron chi connectivity index (χ3n) is 2.89. The number of halogens is 1. The van der Waals surface area contributed by atoms with Gasteiger partial charge in [0.05, 0.1) is 0 Å². The van der Waals surface area contributed by atoms with Crippen LogP contribution in [0.2, 0.25) is 5.15 Å². The second-order valence-electron chi connectivity index (χ2n) is 4.85. The van der Waals surface area contributed by atoms with Crippen LogP contribution in [0.4, 0.5) is 5.82 Å². The Balaban J connectivity index is 2.11. The molecule has 0 saturated heterocycles. The van der Waals surface area contributed by atoms with Gasteiger partial charge < -0.3 is 5.32 Å². The van der Waals surface area contributed by atoms with E-state index in [2.05, 4.69) is 29.4 Å². The van der Waals surface area contributed by atoms with E-state index in [1.807, 2.05) is 24.3 Å². The molecule has 2 rings (SSSR count). The molecule has 0 unspecified atom stereocenters. The molecule has 0 amide bonds. The van der Waals surface area contributed by atoms with Gasteiger partial charge >= 0.3 is 0 Å². The molecule has 0 fully saturated rings. The minimum atomic E-state index is 0.457. The van der Waals surface area contributed by atoms with Gasteiger partial charge in [-0.2, -0.15) is 0 Å². The van der Waals surface area contributed by atoms with Gasteiger partial charge in [-0.05, 0) is 18.8 Å². The molecule has 1 N–H and O–H groups in total. The molecule has 0 aliphatic rings. The number of nitrogens with zero attached hydrogens (tertiary/aromatic N) is 2. The first kappa shape index (κ1) is 13.1. The van der Waals surface area contributed by atoms with Crippen molar-refractivity contribution in [2.75, 3.05) is 11.9 Å². The van der Waals surface area contributed by atoms with Gasteiger partial charge in [-0.25, -0.2) is 0 Å². The molecule has 0 aliphatic heterocycles. The zero-order chi connectivity index (χ0) is 13.0. The van der Waals surface area contributed by atoms with Crippen LogP contribution >= 0.6 is 11.6 Å². The number of benzene rings is 1. The second-order valence-corrected chi connectivity index (χ2v) is 5.21. The SMILES string of the molecule is CC(C)CCCNc1nnc(Cl)c2ccccc12. The van der Waals surface area contributed by atoms with Crippen LogP contribution in [-0.2, 0) is 0 Å². The third kappa shape index (κ3) is 3.10. The molecule has 0 spiro atoms.